The van der Waals surface area contributed by atoms with Crippen molar-refractivity contribution in [1.29, 1.82) is 0 Å². The van der Waals surface area contributed by atoms with Crippen molar-refractivity contribution >= 4 is 12.2 Å². The monoisotopic (exact) mass is 195 g/mol. The fourth-order valence-electron chi connectivity index (χ4n) is 1.40. The Morgan fingerprint density at radius 1 is 1.00 bits per heavy atom. The highest BCUT2D eigenvalue weighted by molar-refractivity contribution is 5.67. The molecule has 0 atom stereocenters. The van der Waals surface area contributed by atoms with Crippen molar-refractivity contribution < 1.29 is 0 Å². The maximum absolute atomic E-state index is 4.27. The smallest absolute Gasteiger partial charge is 0.0632 e. The van der Waals surface area contributed by atoms with E-state index in [9.17, 15) is 0 Å². The summed E-state index contributed by atoms with van der Waals surface area (Å²) in [5.74, 6) is 0. The number of rotatable bonds is 2. The molecule has 0 radical (unpaired) electrons. The molecular weight excluding hydrogens is 182 g/mol. The molecule has 2 rings (SSSR count). The topological polar surface area (TPSA) is 12.9 Å². The molecule has 0 aliphatic heterocycles. The summed E-state index contributed by atoms with van der Waals surface area (Å²) >= 11 is 0. The van der Waals surface area contributed by atoms with Gasteiger partial charge in [-0.1, -0.05) is 36.4 Å². The SMILES string of the molecule is Cc1ccnc(C=Cc2ccccc2)c1. The Morgan fingerprint density at radius 3 is 2.53 bits per heavy atom. The van der Waals surface area contributed by atoms with E-state index >= 15 is 0 Å². The van der Waals surface area contributed by atoms with Crippen LogP contribution >= 0.6 is 0 Å². The van der Waals surface area contributed by atoms with Crippen LogP contribution in [0.2, 0.25) is 0 Å². The molecule has 1 aromatic carbocycles. The van der Waals surface area contributed by atoms with Crippen LogP contribution in [0.4, 0.5) is 0 Å². The average molecular weight is 195 g/mol. The highest BCUT2D eigenvalue weighted by Gasteiger charge is 1.89. The van der Waals surface area contributed by atoms with Crippen LogP contribution < -0.4 is 0 Å². The number of hydrogen-bond donors (Lipinski definition) is 0. The van der Waals surface area contributed by atoms with Crippen molar-refractivity contribution in [3.05, 3.63) is 65.5 Å². The third-order valence-corrected chi connectivity index (χ3v) is 2.18. The van der Waals surface area contributed by atoms with E-state index in [1.54, 1.807) is 0 Å². The largest absolute Gasteiger partial charge is 0.257 e. The molecule has 0 spiro atoms. The molecule has 1 nitrogen and oxygen atoms in total. The van der Waals surface area contributed by atoms with Crippen molar-refractivity contribution in [2.45, 2.75) is 6.92 Å². The minimum Gasteiger partial charge on any atom is -0.257 e. The first-order valence-corrected chi connectivity index (χ1v) is 5.00. The van der Waals surface area contributed by atoms with E-state index in [4.69, 9.17) is 0 Å². The van der Waals surface area contributed by atoms with Gasteiger partial charge in [-0.15, -0.1) is 0 Å². The van der Waals surface area contributed by atoms with Gasteiger partial charge in [-0.2, -0.15) is 0 Å². The van der Waals surface area contributed by atoms with Gasteiger partial charge in [-0.05, 0) is 36.3 Å². The first-order valence-electron chi connectivity index (χ1n) is 5.00. The summed E-state index contributed by atoms with van der Waals surface area (Å²) in [4.78, 5) is 4.27. The Kier molecular flexibility index (Phi) is 2.93. The predicted molar refractivity (Wildman–Crippen MR) is 64.3 cm³/mol. The van der Waals surface area contributed by atoms with Crippen LogP contribution in [0.3, 0.4) is 0 Å². The van der Waals surface area contributed by atoms with Crippen molar-refractivity contribution in [3.8, 4) is 0 Å². The Labute approximate surface area is 90.1 Å². The van der Waals surface area contributed by atoms with Gasteiger partial charge in [0.1, 0.15) is 0 Å². The standard InChI is InChI=1S/C14H13N/c1-12-9-10-15-14(11-12)8-7-13-5-3-2-4-6-13/h2-11H,1H3. The van der Waals surface area contributed by atoms with Gasteiger partial charge in [0, 0.05) is 6.20 Å². The summed E-state index contributed by atoms with van der Waals surface area (Å²) < 4.78 is 0. The van der Waals surface area contributed by atoms with Gasteiger partial charge < -0.3 is 0 Å². The number of benzene rings is 1. The normalized spacial score (nSPS) is 10.7. The first-order chi connectivity index (χ1) is 7.34. The zero-order valence-corrected chi connectivity index (χ0v) is 8.72. The Hall–Kier alpha value is -1.89. The number of pyridine rings is 1. The molecule has 0 saturated carbocycles. The van der Waals surface area contributed by atoms with E-state index in [-0.39, 0.29) is 0 Å². The van der Waals surface area contributed by atoms with Crippen LogP contribution in [0.15, 0.2) is 48.7 Å². The second kappa shape index (κ2) is 4.56. The van der Waals surface area contributed by atoms with Gasteiger partial charge in [0.05, 0.1) is 5.69 Å². The van der Waals surface area contributed by atoms with Crippen molar-refractivity contribution in [1.82, 2.24) is 4.98 Å². The molecule has 0 amide bonds. The summed E-state index contributed by atoms with van der Waals surface area (Å²) in [6, 6.07) is 14.3. The van der Waals surface area contributed by atoms with Gasteiger partial charge >= 0.3 is 0 Å². The fraction of sp³-hybridized carbons (Fsp3) is 0.0714. The predicted octanol–water partition coefficient (Wildman–Crippen LogP) is 3.56. The zero-order valence-electron chi connectivity index (χ0n) is 8.72. The van der Waals surface area contributed by atoms with Gasteiger partial charge in [-0.3, -0.25) is 4.98 Å². The van der Waals surface area contributed by atoms with E-state index in [0.29, 0.717) is 0 Å². The second-order valence-electron chi connectivity index (χ2n) is 3.50. The Bertz CT molecular complexity index is 458. The Morgan fingerprint density at radius 2 is 1.80 bits per heavy atom. The van der Waals surface area contributed by atoms with Gasteiger partial charge in [0.2, 0.25) is 0 Å². The van der Waals surface area contributed by atoms with E-state index in [1.807, 2.05) is 36.5 Å². The maximum atomic E-state index is 4.27. The molecule has 1 aromatic heterocycles. The van der Waals surface area contributed by atoms with E-state index < -0.39 is 0 Å². The third-order valence-electron chi connectivity index (χ3n) is 2.18. The summed E-state index contributed by atoms with van der Waals surface area (Å²) in [7, 11) is 0. The molecule has 0 aliphatic carbocycles. The zero-order chi connectivity index (χ0) is 10.5. The molecule has 0 N–H and O–H groups in total. The Balaban J connectivity index is 2.19. The minimum absolute atomic E-state index is 0.999. The van der Waals surface area contributed by atoms with Crippen LogP contribution in [0.1, 0.15) is 16.8 Å². The van der Waals surface area contributed by atoms with E-state index in [1.165, 1.54) is 11.1 Å². The first kappa shape index (κ1) is 9.66. The van der Waals surface area contributed by atoms with Crippen LogP contribution in [-0.2, 0) is 0 Å². The lowest BCUT2D eigenvalue weighted by molar-refractivity contribution is 1.26. The lowest BCUT2D eigenvalue weighted by Crippen LogP contribution is -1.80. The number of aromatic nitrogens is 1. The minimum atomic E-state index is 0.999. The highest BCUT2D eigenvalue weighted by Crippen LogP contribution is 2.06. The van der Waals surface area contributed by atoms with Gasteiger partial charge in [-0.25, -0.2) is 0 Å². The van der Waals surface area contributed by atoms with Gasteiger partial charge in [0.25, 0.3) is 0 Å². The molecule has 1 heterocycles. The lowest BCUT2D eigenvalue weighted by Gasteiger charge is -1.95. The highest BCUT2D eigenvalue weighted by atomic mass is 14.6. The summed E-state index contributed by atoms with van der Waals surface area (Å²) in [5, 5.41) is 0. The molecule has 0 bridgehead atoms. The molecule has 0 fully saturated rings. The number of hydrogen-bond acceptors (Lipinski definition) is 1. The average Bonchev–Trinajstić information content (AvgIpc) is 2.28. The molecule has 0 unspecified atom stereocenters. The van der Waals surface area contributed by atoms with Crippen molar-refractivity contribution in [3.63, 3.8) is 0 Å². The molecule has 1 heteroatoms. The van der Waals surface area contributed by atoms with Crippen molar-refractivity contribution in [2.75, 3.05) is 0 Å². The summed E-state index contributed by atoms with van der Waals surface area (Å²) in [6.45, 7) is 2.07. The quantitative estimate of drug-likeness (QED) is 0.714. The lowest BCUT2D eigenvalue weighted by atomic mass is 10.2. The van der Waals surface area contributed by atoms with Crippen molar-refractivity contribution in [2.24, 2.45) is 0 Å². The molecule has 2 aromatic rings. The fourth-order valence-corrected chi connectivity index (χ4v) is 1.40. The van der Waals surface area contributed by atoms with Gasteiger partial charge in [0.15, 0.2) is 0 Å². The van der Waals surface area contributed by atoms with Crippen LogP contribution in [0, 0.1) is 6.92 Å². The summed E-state index contributed by atoms with van der Waals surface area (Å²) in [5.41, 5.74) is 3.43. The molecule has 0 saturated heterocycles. The van der Waals surface area contributed by atoms with Crippen LogP contribution in [0.5, 0.6) is 0 Å². The molecule has 15 heavy (non-hydrogen) atoms. The number of nitrogens with zero attached hydrogens (tertiary/aromatic N) is 1. The van der Waals surface area contributed by atoms with Crippen LogP contribution in [0.25, 0.3) is 12.2 Å². The second-order valence-corrected chi connectivity index (χ2v) is 3.50. The molecular formula is C14H13N. The summed E-state index contributed by atoms with van der Waals surface area (Å²) in [6.07, 6.45) is 5.93. The van der Waals surface area contributed by atoms with E-state index in [2.05, 4.69) is 36.2 Å². The number of aryl methyl sites for hydroxylation is 1. The van der Waals surface area contributed by atoms with Crippen LogP contribution in [-0.4, -0.2) is 4.98 Å². The molecule has 74 valence electrons. The van der Waals surface area contributed by atoms with E-state index in [0.717, 1.165) is 5.69 Å². The molecule has 0 aliphatic rings. The maximum Gasteiger partial charge on any atom is 0.0632 e. The third kappa shape index (κ3) is 2.78.